The number of hydrogen-bond donors (Lipinski definition) is 1. The molecule has 0 fully saturated rings. The van der Waals surface area contributed by atoms with Gasteiger partial charge in [-0.2, -0.15) is 0 Å². The summed E-state index contributed by atoms with van der Waals surface area (Å²) < 4.78 is 2.46. The summed E-state index contributed by atoms with van der Waals surface area (Å²) in [4.78, 5) is 3.62. The summed E-state index contributed by atoms with van der Waals surface area (Å²) in [7, 11) is 0. The predicted molar refractivity (Wildman–Crippen MR) is 188 cm³/mol. The third kappa shape index (κ3) is 23.6. The zero-order valence-corrected chi connectivity index (χ0v) is 29.5. The fourth-order valence-electron chi connectivity index (χ4n) is 6.95. The van der Waals surface area contributed by atoms with E-state index in [4.69, 9.17) is 0 Å². The van der Waals surface area contributed by atoms with E-state index in [9.17, 15) is 0 Å². The molecule has 1 rings (SSSR count). The van der Waals surface area contributed by atoms with Crippen molar-refractivity contribution in [2.45, 2.75) is 239 Å². The topological polar surface area (TPSA) is 19.7 Å². The smallest absolute Gasteiger partial charge is 0.247 e. The van der Waals surface area contributed by atoms with Gasteiger partial charge in [-0.25, -0.2) is 9.55 Å². The molecule has 0 saturated carbocycles. The highest BCUT2D eigenvalue weighted by Crippen LogP contribution is 2.26. The molecule has 1 atom stereocenters. The fraction of sp³-hybridized carbons (Fsp3) is 0.925. The van der Waals surface area contributed by atoms with Crippen LogP contribution in [-0.2, 0) is 6.54 Å². The van der Waals surface area contributed by atoms with Crippen LogP contribution in [0.5, 0.6) is 0 Å². The lowest BCUT2D eigenvalue weighted by molar-refractivity contribution is -0.701. The molecule has 2 heteroatoms. The number of H-pyrrole nitrogens is 1. The lowest BCUT2D eigenvalue weighted by Gasteiger charge is -2.14. The molecular formula is C40H79N2+. The summed E-state index contributed by atoms with van der Waals surface area (Å²) in [6, 6.07) is 0. The molecule has 0 aromatic carbocycles. The molecule has 248 valence electrons. The van der Waals surface area contributed by atoms with Crippen LogP contribution in [0.25, 0.3) is 0 Å². The first-order chi connectivity index (χ1) is 20.8. The molecule has 0 amide bonds. The zero-order valence-electron chi connectivity index (χ0n) is 29.5. The van der Waals surface area contributed by atoms with Crippen LogP contribution in [0.1, 0.15) is 238 Å². The Morgan fingerprint density at radius 1 is 0.429 bits per heavy atom. The zero-order chi connectivity index (χ0) is 30.2. The quantitative estimate of drug-likeness (QED) is 0.0611. The molecule has 2 nitrogen and oxygen atoms in total. The second kappa shape index (κ2) is 31.6. The molecule has 1 aromatic heterocycles. The number of aryl methyl sites for hydroxylation is 1. The summed E-state index contributed by atoms with van der Waals surface area (Å²) in [5.74, 6) is 2.22. The minimum atomic E-state index is 0.726. The third-order valence-electron chi connectivity index (χ3n) is 9.83. The van der Waals surface area contributed by atoms with Gasteiger partial charge in [0.25, 0.3) is 5.82 Å². The van der Waals surface area contributed by atoms with Gasteiger partial charge in [0.1, 0.15) is 12.4 Å². The van der Waals surface area contributed by atoms with E-state index in [0.717, 1.165) is 12.5 Å². The second-order valence-corrected chi connectivity index (χ2v) is 13.8. The normalized spacial score (nSPS) is 12.4. The van der Waals surface area contributed by atoms with Gasteiger partial charge in [-0.1, -0.05) is 206 Å². The molecule has 0 bridgehead atoms. The molecule has 1 N–H and O–H groups in total. The fourth-order valence-corrected chi connectivity index (χ4v) is 6.95. The number of hydrogen-bond acceptors (Lipinski definition) is 0. The maximum absolute atomic E-state index is 3.62. The van der Waals surface area contributed by atoms with Gasteiger partial charge < -0.3 is 0 Å². The number of aromatic amines is 1. The van der Waals surface area contributed by atoms with Gasteiger partial charge in [0.05, 0.1) is 12.5 Å². The van der Waals surface area contributed by atoms with Crippen molar-refractivity contribution in [1.29, 1.82) is 0 Å². The standard InChI is InChI=1S/C40H78N2/c1-4-7-9-11-13-15-17-19-21-22-24-26-28-30-32-34-36-39(40-41-37-38-42(40)6-3)35-33-31-29-27-25-23-20-18-16-14-12-10-8-5-2/h37-39H,4-36H2,1-3H3/p+1. The molecule has 1 aromatic rings. The first-order valence-electron chi connectivity index (χ1n) is 19.9. The van der Waals surface area contributed by atoms with Crippen LogP contribution in [0.15, 0.2) is 12.4 Å². The average Bonchev–Trinajstić information content (AvgIpc) is 3.49. The highest BCUT2D eigenvalue weighted by molar-refractivity contribution is 4.90. The highest BCUT2D eigenvalue weighted by Gasteiger charge is 2.21. The van der Waals surface area contributed by atoms with Gasteiger partial charge in [0.2, 0.25) is 0 Å². The van der Waals surface area contributed by atoms with Crippen molar-refractivity contribution < 1.29 is 4.57 Å². The minimum Gasteiger partial charge on any atom is -0.247 e. The van der Waals surface area contributed by atoms with Gasteiger partial charge in [0, 0.05) is 0 Å². The molecular weight excluding hydrogens is 508 g/mol. The number of nitrogens with zero attached hydrogens (tertiary/aromatic N) is 1. The number of unbranched alkanes of at least 4 members (excludes halogenated alkanes) is 28. The second-order valence-electron chi connectivity index (χ2n) is 13.8. The molecule has 0 aliphatic heterocycles. The monoisotopic (exact) mass is 588 g/mol. The van der Waals surface area contributed by atoms with Crippen LogP contribution in [-0.4, -0.2) is 4.98 Å². The summed E-state index contributed by atoms with van der Waals surface area (Å²) in [6.45, 7) is 8.00. The maximum atomic E-state index is 3.62. The van der Waals surface area contributed by atoms with E-state index in [1.54, 1.807) is 0 Å². The first kappa shape index (κ1) is 39.2. The summed E-state index contributed by atoms with van der Waals surface area (Å²) in [5.41, 5.74) is 0. The molecule has 1 heterocycles. The van der Waals surface area contributed by atoms with E-state index in [1.165, 1.54) is 211 Å². The van der Waals surface area contributed by atoms with Crippen molar-refractivity contribution in [2.75, 3.05) is 0 Å². The van der Waals surface area contributed by atoms with E-state index >= 15 is 0 Å². The molecule has 42 heavy (non-hydrogen) atoms. The molecule has 0 aliphatic carbocycles. The molecule has 1 unspecified atom stereocenters. The Balaban J connectivity index is 2.03. The number of nitrogens with one attached hydrogen (secondary N) is 1. The van der Waals surface area contributed by atoms with E-state index in [0.29, 0.717) is 0 Å². The minimum absolute atomic E-state index is 0.726. The van der Waals surface area contributed by atoms with Gasteiger partial charge in [-0.05, 0) is 19.8 Å². The highest BCUT2D eigenvalue weighted by atomic mass is 15.1. The van der Waals surface area contributed by atoms with Crippen LogP contribution in [0.2, 0.25) is 0 Å². The lowest BCUT2D eigenvalue weighted by Crippen LogP contribution is -2.36. The van der Waals surface area contributed by atoms with Crippen LogP contribution >= 0.6 is 0 Å². The Labute approximate surface area is 266 Å². The van der Waals surface area contributed by atoms with Crippen molar-refractivity contribution in [2.24, 2.45) is 0 Å². The van der Waals surface area contributed by atoms with E-state index in [-0.39, 0.29) is 0 Å². The lowest BCUT2D eigenvalue weighted by atomic mass is 9.93. The summed E-state index contributed by atoms with van der Waals surface area (Å²) in [6.07, 6.45) is 50.7. The number of aromatic nitrogens is 2. The van der Waals surface area contributed by atoms with Crippen molar-refractivity contribution in [3.63, 3.8) is 0 Å². The molecule has 0 radical (unpaired) electrons. The number of imidazole rings is 1. The van der Waals surface area contributed by atoms with E-state index in [1.807, 2.05) is 0 Å². The van der Waals surface area contributed by atoms with Crippen LogP contribution in [0.4, 0.5) is 0 Å². The Morgan fingerprint density at radius 2 is 0.714 bits per heavy atom. The molecule has 0 aliphatic rings. The van der Waals surface area contributed by atoms with Crippen molar-refractivity contribution in [3.05, 3.63) is 18.2 Å². The largest absolute Gasteiger partial charge is 0.257 e. The molecule has 0 saturated heterocycles. The average molecular weight is 588 g/mol. The van der Waals surface area contributed by atoms with E-state index < -0.39 is 0 Å². The van der Waals surface area contributed by atoms with Crippen molar-refractivity contribution in [1.82, 2.24) is 4.98 Å². The maximum Gasteiger partial charge on any atom is 0.257 e. The first-order valence-corrected chi connectivity index (χ1v) is 19.9. The van der Waals surface area contributed by atoms with Crippen molar-refractivity contribution in [3.8, 4) is 0 Å². The van der Waals surface area contributed by atoms with Crippen LogP contribution in [0, 0.1) is 0 Å². The van der Waals surface area contributed by atoms with Crippen LogP contribution in [0.3, 0.4) is 0 Å². The summed E-state index contributed by atoms with van der Waals surface area (Å²) in [5, 5.41) is 0. The van der Waals surface area contributed by atoms with Gasteiger partial charge in [-0.3, -0.25) is 0 Å². The van der Waals surface area contributed by atoms with Crippen molar-refractivity contribution >= 4 is 0 Å². The van der Waals surface area contributed by atoms with E-state index in [2.05, 4.69) is 42.7 Å². The Bertz CT molecular complexity index is 635. The Kier molecular flexibility index (Phi) is 29.5. The number of rotatable bonds is 34. The summed E-state index contributed by atoms with van der Waals surface area (Å²) >= 11 is 0. The predicted octanol–water partition coefficient (Wildman–Crippen LogP) is 13.9. The van der Waals surface area contributed by atoms with Gasteiger partial charge in [-0.15, -0.1) is 0 Å². The van der Waals surface area contributed by atoms with Gasteiger partial charge in [0.15, 0.2) is 0 Å². The Hall–Kier alpha value is -0.790. The Morgan fingerprint density at radius 3 is 1.00 bits per heavy atom. The third-order valence-corrected chi connectivity index (χ3v) is 9.83. The SMILES string of the molecule is CCCCCCCCCCCCCCCCCCC(CCCCCCCCCCCCCCCC)c1[nH]cc[n+]1CC. The van der Waals surface area contributed by atoms with Gasteiger partial charge >= 0.3 is 0 Å². The molecule has 0 spiro atoms. The van der Waals surface area contributed by atoms with Crippen LogP contribution < -0.4 is 4.57 Å².